The van der Waals surface area contributed by atoms with Gasteiger partial charge in [-0.25, -0.2) is 0 Å². The first-order valence-electron chi connectivity index (χ1n) is 8.49. The molecule has 2 aromatic rings. The number of nitrogens with one attached hydrogen (secondary N) is 2. The molecule has 0 heterocycles. The van der Waals surface area contributed by atoms with Crippen LogP contribution in [0.1, 0.15) is 41.6 Å². The van der Waals surface area contributed by atoms with E-state index in [0.29, 0.717) is 18.5 Å². The van der Waals surface area contributed by atoms with Gasteiger partial charge in [-0.05, 0) is 19.1 Å². The number of hydrogen-bond donors (Lipinski definition) is 2. The average Bonchev–Trinajstić information content (AvgIpc) is 2.60. The Kier molecular flexibility index (Phi) is 7.74. The second kappa shape index (κ2) is 10.0. The molecule has 0 aliphatic heterocycles. The van der Waals surface area contributed by atoms with Gasteiger partial charge in [-0.3, -0.25) is 0 Å². The largest absolute Gasteiger partial charge is 0.0465 e. The molecule has 0 aliphatic carbocycles. The maximum atomic E-state index is 12.0. The average molecular weight is 398 g/mol. The van der Waals surface area contributed by atoms with Crippen molar-refractivity contribution < 1.29 is 9.59 Å². The molecular formula is C20H23AsN2O2. The first-order chi connectivity index (χ1) is 12.1. The van der Waals surface area contributed by atoms with Crippen molar-refractivity contribution in [1.29, 1.82) is 0 Å². The van der Waals surface area contributed by atoms with Crippen molar-refractivity contribution in [2.24, 2.45) is 0 Å². The third-order valence-electron chi connectivity index (χ3n) is 3.82. The first kappa shape index (κ1) is 19.3. The van der Waals surface area contributed by atoms with Crippen molar-refractivity contribution in [2.75, 3.05) is 11.9 Å². The number of aryl methyl sites for hydroxylation is 1. The zero-order valence-electron chi connectivity index (χ0n) is 14.4. The zero-order chi connectivity index (χ0) is 18.1. The van der Waals surface area contributed by atoms with Crippen molar-refractivity contribution in [2.45, 2.75) is 32.6 Å². The van der Waals surface area contributed by atoms with Crippen LogP contribution >= 0.6 is 0 Å². The molecule has 0 spiro atoms. The molecule has 2 N–H and O–H groups in total. The Balaban J connectivity index is 1.59. The Morgan fingerprint density at radius 1 is 1.00 bits per heavy atom. The predicted molar refractivity (Wildman–Crippen MR) is 102 cm³/mol. The quantitative estimate of drug-likeness (QED) is 0.531. The van der Waals surface area contributed by atoms with E-state index in [9.17, 15) is 9.59 Å². The normalized spacial score (nSPS) is 10.3. The molecule has 0 atom stereocenters. The minimum Gasteiger partial charge on any atom is -0.0465 e. The smallest absolute Gasteiger partial charge is 0.0465 e. The monoisotopic (exact) mass is 398 g/mol. The molecule has 5 heteroatoms. The molecule has 0 saturated carbocycles. The van der Waals surface area contributed by atoms with Gasteiger partial charge >= 0.3 is 121 Å². The molecule has 0 bridgehead atoms. The van der Waals surface area contributed by atoms with Crippen LogP contribution in [0.15, 0.2) is 48.5 Å². The minimum absolute atomic E-state index is 0.0299. The van der Waals surface area contributed by atoms with E-state index < -0.39 is 0 Å². The Morgan fingerprint density at radius 3 is 2.56 bits per heavy atom. The zero-order valence-corrected chi connectivity index (χ0v) is 16.3. The van der Waals surface area contributed by atoms with Crippen LogP contribution in [-0.2, 0) is 4.79 Å². The van der Waals surface area contributed by atoms with Crippen molar-refractivity contribution in [3.63, 3.8) is 0 Å². The fourth-order valence-electron chi connectivity index (χ4n) is 2.47. The van der Waals surface area contributed by atoms with E-state index in [4.69, 9.17) is 0 Å². The summed E-state index contributed by atoms with van der Waals surface area (Å²) >= 11 is 2.46. The Labute approximate surface area is 157 Å². The van der Waals surface area contributed by atoms with E-state index in [2.05, 4.69) is 27.5 Å². The molecule has 0 saturated heterocycles. The van der Waals surface area contributed by atoms with Crippen LogP contribution in [0, 0.1) is 6.92 Å². The van der Waals surface area contributed by atoms with Gasteiger partial charge in [-0.1, -0.05) is 17.7 Å². The van der Waals surface area contributed by atoms with Crippen LogP contribution in [0.3, 0.4) is 0 Å². The second-order valence-corrected chi connectivity index (χ2v) is 7.01. The maximum absolute atomic E-state index is 12.0. The van der Waals surface area contributed by atoms with E-state index in [1.54, 1.807) is 0 Å². The summed E-state index contributed by atoms with van der Waals surface area (Å²) in [5, 5.41) is 5.84. The number of rotatable bonds is 8. The third kappa shape index (κ3) is 6.75. The Hall–Kier alpha value is -2.06. The Bertz CT molecular complexity index is 731. The number of anilines is 1. The molecule has 2 aromatic carbocycles. The number of unbranched alkanes of at least 4 members (excludes halogenated alkanes) is 2. The summed E-state index contributed by atoms with van der Waals surface area (Å²) in [5.74, 6) is -0.0126. The summed E-state index contributed by atoms with van der Waals surface area (Å²) in [4.78, 5) is 23.9. The van der Waals surface area contributed by atoms with E-state index in [0.717, 1.165) is 34.9 Å². The van der Waals surface area contributed by atoms with Crippen LogP contribution in [0.25, 0.3) is 0 Å². The minimum atomic E-state index is -0.0425. The van der Waals surface area contributed by atoms with Crippen molar-refractivity contribution in [3.05, 3.63) is 59.7 Å². The second-order valence-electron chi connectivity index (χ2n) is 6.00. The molecule has 0 unspecified atom stereocenters. The van der Waals surface area contributed by atoms with Gasteiger partial charge in [-0.2, -0.15) is 0 Å². The van der Waals surface area contributed by atoms with E-state index in [1.165, 1.54) is 0 Å². The molecule has 130 valence electrons. The third-order valence-corrected chi connectivity index (χ3v) is 4.64. The summed E-state index contributed by atoms with van der Waals surface area (Å²) in [6, 6.07) is 15.2. The fraction of sp³-hybridized carbons (Fsp3) is 0.300. The van der Waals surface area contributed by atoms with Crippen LogP contribution in [0.5, 0.6) is 0 Å². The fourth-order valence-corrected chi connectivity index (χ4v) is 2.92. The summed E-state index contributed by atoms with van der Waals surface area (Å²) < 4.78 is 1.00. The van der Waals surface area contributed by atoms with Crippen LogP contribution in [0.2, 0.25) is 0 Å². The van der Waals surface area contributed by atoms with Gasteiger partial charge in [0, 0.05) is 0 Å². The number of benzene rings is 2. The molecule has 4 nitrogen and oxygen atoms in total. The van der Waals surface area contributed by atoms with Gasteiger partial charge in [0.2, 0.25) is 0 Å². The summed E-state index contributed by atoms with van der Waals surface area (Å²) in [6.45, 7) is 2.60. The summed E-state index contributed by atoms with van der Waals surface area (Å²) in [7, 11) is 0. The molecule has 0 aromatic heterocycles. The van der Waals surface area contributed by atoms with Gasteiger partial charge in [0.15, 0.2) is 0 Å². The number of carbonyl (C=O) groups excluding carboxylic acids is 2. The number of carbonyl (C=O) groups is 2. The van der Waals surface area contributed by atoms with E-state index in [-0.39, 0.29) is 11.8 Å². The van der Waals surface area contributed by atoms with Crippen LogP contribution in [-0.4, -0.2) is 35.2 Å². The number of amides is 2. The van der Waals surface area contributed by atoms with Crippen molar-refractivity contribution >= 4 is 38.7 Å². The van der Waals surface area contributed by atoms with Gasteiger partial charge < -0.3 is 0 Å². The van der Waals surface area contributed by atoms with Crippen molar-refractivity contribution in [3.8, 4) is 0 Å². The molecule has 0 aliphatic rings. The molecule has 2 amide bonds. The summed E-state index contributed by atoms with van der Waals surface area (Å²) in [6.07, 6.45) is 3.08. The van der Waals surface area contributed by atoms with E-state index in [1.807, 2.05) is 55.5 Å². The van der Waals surface area contributed by atoms with Gasteiger partial charge in [0.05, 0.1) is 0 Å². The molecular weight excluding hydrogens is 375 g/mol. The molecule has 2 rings (SSSR count). The first-order valence-corrected chi connectivity index (χ1v) is 9.43. The molecule has 0 fully saturated rings. The Morgan fingerprint density at radius 2 is 1.80 bits per heavy atom. The predicted octanol–water partition coefficient (Wildman–Crippen LogP) is 2.72. The van der Waals surface area contributed by atoms with Gasteiger partial charge in [-0.15, -0.1) is 0 Å². The van der Waals surface area contributed by atoms with Gasteiger partial charge in [0.1, 0.15) is 0 Å². The SMILES string of the molecule is Cc1cccc(C(=O)NCCCCCC(=O)Nc2ccccc2[As])c1. The van der Waals surface area contributed by atoms with Crippen LogP contribution in [0.4, 0.5) is 5.69 Å². The topological polar surface area (TPSA) is 58.2 Å². The van der Waals surface area contributed by atoms with Crippen LogP contribution < -0.4 is 15.0 Å². The maximum Gasteiger partial charge on any atom is -0.0465 e. The standard InChI is InChI=1S/C20H23AsN2O2/c1-15-8-7-9-16(14-15)20(25)22-13-6-2-3-12-19(24)23-18-11-5-4-10-17(18)21/h4-5,7-11,14H,2-3,6,12-13H2,1H3,(H,22,25)(H,23,24). The number of para-hydroxylation sites is 1. The molecule has 25 heavy (non-hydrogen) atoms. The number of hydrogen-bond acceptors (Lipinski definition) is 2. The van der Waals surface area contributed by atoms with Gasteiger partial charge in [0.25, 0.3) is 0 Å². The van der Waals surface area contributed by atoms with Crippen molar-refractivity contribution in [1.82, 2.24) is 5.32 Å². The van der Waals surface area contributed by atoms with E-state index >= 15 is 0 Å². The summed E-state index contributed by atoms with van der Waals surface area (Å²) in [5.41, 5.74) is 2.61. The molecule has 2 radical (unpaired) electrons.